The molecule has 3 heterocycles. The molecule has 3 N–H and O–H groups in total. The van der Waals surface area contributed by atoms with Crippen LogP contribution in [0.5, 0.6) is 11.5 Å². The Hall–Kier alpha value is -4.18. The minimum atomic E-state index is -1.08. The SMILES string of the molecule is CNC(=O)[C@@H]1Cc2ccc(OCCOCCOc3c(-c4csc(C5CCOCC5)n4)ccc(F)c3F)cc2CN1C(=O)C(NC(=O)[C@H](C)NC)C(C)(C)C. The van der Waals surface area contributed by atoms with Crippen LogP contribution in [0.4, 0.5) is 8.78 Å². The highest BCUT2D eigenvalue weighted by molar-refractivity contribution is 7.10. The van der Waals surface area contributed by atoms with Crippen molar-refractivity contribution in [3.8, 4) is 22.8 Å². The Bertz CT molecular complexity index is 1780. The van der Waals surface area contributed by atoms with Gasteiger partial charge in [-0.1, -0.05) is 26.8 Å². The van der Waals surface area contributed by atoms with Gasteiger partial charge in [0.2, 0.25) is 23.5 Å². The number of thiazole rings is 1. The van der Waals surface area contributed by atoms with E-state index in [2.05, 4.69) is 16.0 Å². The van der Waals surface area contributed by atoms with Gasteiger partial charge in [-0.2, -0.15) is 4.39 Å². The summed E-state index contributed by atoms with van der Waals surface area (Å²) in [6, 6.07) is 5.94. The first-order valence-electron chi connectivity index (χ1n) is 18.3. The molecule has 12 nitrogen and oxygen atoms in total. The molecule has 0 spiro atoms. The maximum absolute atomic E-state index is 14.9. The molecule has 1 saturated heterocycles. The highest BCUT2D eigenvalue weighted by atomic mass is 32.1. The molecule has 2 aliphatic heterocycles. The van der Waals surface area contributed by atoms with Gasteiger partial charge in [0.15, 0.2) is 11.6 Å². The van der Waals surface area contributed by atoms with E-state index in [9.17, 15) is 23.2 Å². The van der Waals surface area contributed by atoms with E-state index in [-0.39, 0.29) is 62.4 Å². The second kappa shape index (κ2) is 18.4. The van der Waals surface area contributed by atoms with Gasteiger partial charge in [0.1, 0.15) is 31.0 Å². The second-order valence-electron chi connectivity index (χ2n) is 14.6. The lowest BCUT2D eigenvalue weighted by atomic mass is 9.84. The van der Waals surface area contributed by atoms with E-state index in [0.29, 0.717) is 36.6 Å². The van der Waals surface area contributed by atoms with Crippen molar-refractivity contribution < 1.29 is 42.1 Å². The summed E-state index contributed by atoms with van der Waals surface area (Å²) in [6.45, 7) is 9.29. The van der Waals surface area contributed by atoms with Crippen molar-refractivity contribution in [2.45, 2.75) is 77.5 Å². The summed E-state index contributed by atoms with van der Waals surface area (Å²) >= 11 is 1.50. The van der Waals surface area contributed by atoms with Crippen molar-refractivity contribution in [1.29, 1.82) is 0 Å². The third-order valence-electron chi connectivity index (χ3n) is 9.75. The average molecular weight is 772 g/mol. The summed E-state index contributed by atoms with van der Waals surface area (Å²) in [7, 11) is 3.20. The van der Waals surface area contributed by atoms with Gasteiger partial charge in [0, 0.05) is 50.1 Å². The molecule has 0 aliphatic carbocycles. The van der Waals surface area contributed by atoms with Crippen LogP contribution in [-0.4, -0.2) is 99.5 Å². The predicted molar refractivity (Wildman–Crippen MR) is 201 cm³/mol. The number of benzene rings is 2. The number of hydrogen-bond donors (Lipinski definition) is 3. The van der Waals surface area contributed by atoms with Gasteiger partial charge in [-0.15, -0.1) is 11.3 Å². The normalized spacial score (nSPS) is 17.3. The lowest BCUT2D eigenvalue weighted by Crippen LogP contribution is -2.61. The standard InChI is InChI=1S/C39H51F2N5O7S/c1-23(42-5)35(47)45-34(39(2,3)4)38(49)46-21-26-19-27(8-7-25(26)20-31(46)36(48)43-6)52-17-15-51-16-18-53-33-28(9-10-29(40)32(33)41)30-22-54-37(44-30)24-11-13-50-14-12-24/h7-10,19,22-24,31,34,42H,11-18,20-21H2,1-6H3,(H,43,48)(H,45,47)/t23-,31-,34?/m0/s1. The van der Waals surface area contributed by atoms with Crippen LogP contribution in [0.15, 0.2) is 35.7 Å². The molecule has 3 amide bonds. The molecule has 1 aromatic heterocycles. The summed E-state index contributed by atoms with van der Waals surface area (Å²) in [5, 5.41) is 11.2. The number of carbonyl (C=O) groups excluding carboxylic acids is 3. The van der Waals surface area contributed by atoms with E-state index in [1.165, 1.54) is 29.4 Å². The van der Waals surface area contributed by atoms with Crippen molar-refractivity contribution in [3.05, 3.63) is 63.5 Å². The Labute approximate surface area is 319 Å². The minimum Gasteiger partial charge on any atom is -0.491 e. The van der Waals surface area contributed by atoms with E-state index in [1.54, 1.807) is 20.0 Å². The van der Waals surface area contributed by atoms with E-state index >= 15 is 0 Å². The van der Waals surface area contributed by atoms with Gasteiger partial charge >= 0.3 is 0 Å². The number of fused-ring (bicyclic) bond motifs is 1. The molecule has 294 valence electrons. The summed E-state index contributed by atoms with van der Waals surface area (Å²) in [6.07, 6.45) is 2.05. The van der Waals surface area contributed by atoms with Crippen molar-refractivity contribution in [1.82, 2.24) is 25.8 Å². The summed E-state index contributed by atoms with van der Waals surface area (Å²) in [5.74, 6) is -2.42. The molecule has 0 radical (unpaired) electrons. The molecular weight excluding hydrogens is 721 g/mol. The second-order valence-corrected chi connectivity index (χ2v) is 15.4. The number of ether oxygens (including phenoxy) is 4. The van der Waals surface area contributed by atoms with Crippen LogP contribution in [0.1, 0.15) is 62.6 Å². The Morgan fingerprint density at radius 2 is 1.74 bits per heavy atom. The fourth-order valence-corrected chi connectivity index (χ4v) is 7.43. The monoisotopic (exact) mass is 771 g/mol. The van der Waals surface area contributed by atoms with E-state index < -0.39 is 35.2 Å². The first kappa shape index (κ1) is 41.0. The predicted octanol–water partition coefficient (Wildman–Crippen LogP) is 4.59. The third-order valence-corrected chi connectivity index (χ3v) is 10.8. The van der Waals surface area contributed by atoms with E-state index in [1.807, 2.05) is 38.3 Å². The smallest absolute Gasteiger partial charge is 0.246 e. The zero-order valence-electron chi connectivity index (χ0n) is 31.8. The molecule has 1 unspecified atom stereocenters. The number of likely N-dealkylation sites (N-methyl/N-ethyl adjacent to an activating group) is 2. The molecule has 2 aliphatic rings. The van der Waals surface area contributed by atoms with Gasteiger partial charge in [-0.3, -0.25) is 14.4 Å². The quantitative estimate of drug-likeness (QED) is 0.189. The Morgan fingerprint density at radius 1 is 1.02 bits per heavy atom. The topological polar surface area (TPSA) is 140 Å². The van der Waals surface area contributed by atoms with Crippen molar-refractivity contribution in [3.63, 3.8) is 0 Å². The summed E-state index contributed by atoms with van der Waals surface area (Å²) in [5.41, 5.74) is 2.02. The average Bonchev–Trinajstić information content (AvgIpc) is 3.66. The van der Waals surface area contributed by atoms with Crippen molar-refractivity contribution in [2.24, 2.45) is 5.41 Å². The first-order valence-corrected chi connectivity index (χ1v) is 19.2. The lowest BCUT2D eigenvalue weighted by molar-refractivity contribution is -0.147. The Morgan fingerprint density at radius 3 is 2.43 bits per heavy atom. The molecule has 0 bridgehead atoms. The molecule has 3 aromatic rings. The molecule has 54 heavy (non-hydrogen) atoms. The maximum atomic E-state index is 14.9. The molecule has 2 aromatic carbocycles. The van der Waals surface area contributed by atoms with Crippen molar-refractivity contribution in [2.75, 3.05) is 53.7 Å². The summed E-state index contributed by atoms with van der Waals surface area (Å²) < 4.78 is 51.9. The Kier molecular flexibility index (Phi) is 14.0. The van der Waals surface area contributed by atoms with Crippen LogP contribution in [0, 0.1) is 17.0 Å². The van der Waals surface area contributed by atoms with Crippen LogP contribution in [0.3, 0.4) is 0 Å². The number of nitrogens with zero attached hydrogens (tertiary/aromatic N) is 2. The van der Waals surface area contributed by atoms with E-state index in [4.69, 9.17) is 23.9 Å². The third kappa shape index (κ3) is 9.92. The van der Waals surface area contributed by atoms with Crippen LogP contribution in [-0.2, 0) is 36.8 Å². The number of halogens is 2. The van der Waals surface area contributed by atoms with Gasteiger partial charge in [-0.25, -0.2) is 9.37 Å². The molecule has 0 saturated carbocycles. The zero-order chi connectivity index (χ0) is 39.0. The Balaban J connectivity index is 1.16. The largest absolute Gasteiger partial charge is 0.491 e. The number of hydrogen-bond acceptors (Lipinski definition) is 10. The van der Waals surface area contributed by atoms with Gasteiger partial charge in [0.05, 0.1) is 30.0 Å². The number of aromatic nitrogens is 1. The molecular formula is C39H51F2N5O7S. The van der Waals surface area contributed by atoms with Crippen molar-refractivity contribution >= 4 is 29.1 Å². The molecule has 1 fully saturated rings. The van der Waals surface area contributed by atoms with Gasteiger partial charge in [0.25, 0.3) is 0 Å². The minimum absolute atomic E-state index is 0.0244. The number of rotatable bonds is 15. The van der Waals surface area contributed by atoms with Gasteiger partial charge < -0.3 is 39.8 Å². The van der Waals surface area contributed by atoms with Crippen LogP contribution in [0.2, 0.25) is 0 Å². The number of nitrogens with one attached hydrogen (secondary N) is 3. The summed E-state index contributed by atoms with van der Waals surface area (Å²) in [4.78, 5) is 46.2. The first-order chi connectivity index (χ1) is 25.8. The van der Waals surface area contributed by atoms with Crippen LogP contribution >= 0.6 is 11.3 Å². The van der Waals surface area contributed by atoms with Gasteiger partial charge in [-0.05, 0) is 67.6 Å². The van der Waals surface area contributed by atoms with Crippen LogP contribution in [0.25, 0.3) is 11.3 Å². The molecule has 15 heteroatoms. The van der Waals surface area contributed by atoms with E-state index in [0.717, 1.165) is 35.0 Å². The number of amides is 3. The highest BCUT2D eigenvalue weighted by Gasteiger charge is 2.42. The molecule has 3 atom stereocenters. The zero-order valence-corrected chi connectivity index (χ0v) is 32.6. The number of carbonyl (C=O) groups is 3. The fraction of sp³-hybridized carbons (Fsp3) is 0.538. The molecule has 5 rings (SSSR count). The maximum Gasteiger partial charge on any atom is 0.246 e. The lowest BCUT2D eigenvalue weighted by Gasteiger charge is -2.41. The highest BCUT2D eigenvalue weighted by Crippen LogP contribution is 2.38. The van der Waals surface area contributed by atoms with Crippen LogP contribution < -0.4 is 25.4 Å². The fourth-order valence-electron chi connectivity index (χ4n) is 6.44.